The maximum absolute atomic E-state index is 12.8. The van der Waals surface area contributed by atoms with Crippen molar-refractivity contribution >= 4 is 45.8 Å². The number of carbonyl (C=O) groups is 1. The maximum Gasteiger partial charge on any atom is 0.227 e. The number of amides is 1. The number of nitrogens with zero attached hydrogens (tertiary/aromatic N) is 3. The molecule has 1 unspecified atom stereocenters. The van der Waals surface area contributed by atoms with Gasteiger partial charge < -0.3 is 14.2 Å². The lowest BCUT2D eigenvalue weighted by Crippen LogP contribution is -2.24. The molecule has 0 radical (unpaired) electrons. The number of rotatable bonds is 6. The quantitative estimate of drug-likeness (QED) is 0.353. The van der Waals surface area contributed by atoms with Gasteiger partial charge in [0.1, 0.15) is 18.2 Å². The van der Waals surface area contributed by atoms with Gasteiger partial charge in [-0.25, -0.2) is 4.98 Å². The van der Waals surface area contributed by atoms with Gasteiger partial charge in [0.25, 0.3) is 0 Å². The van der Waals surface area contributed by atoms with E-state index in [9.17, 15) is 4.79 Å². The van der Waals surface area contributed by atoms with E-state index in [1.807, 2.05) is 72.8 Å². The van der Waals surface area contributed by atoms with Crippen LogP contribution in [-0.4, -0.2) is 28.6 Å². The van der Waals surface area contributed by atoms with Crippen LogP contribution in [0.5, 0.6) is 5.75 Å². The molecule has 1 saturated heterocycles. The van der Waals surface area contributed by atoms with Crippen LogP contribution in [0.1, 0.15) is 18.2 Å². The third kappa shape index (κ3) is 4.06. The minimum absolute atomic E-state index is 0.0193. The topological polar surface area (TPSA) is 47.4 Å². The molecule has 5 nitrogen and oxygen atoms in total. The number of hydrogen-bond acceptors (Lipinski definition) is 3. The van der Waals surface area contributed by atoms with Gasteiger partial charge in [-0.15, -0.1) is 0 Å². The Morgan fingerprint density at radius 2 is 1.81 bits per heavy atom. The molecule has 1 aromatic heterocycles. The normalized spacial score (nSPS) is 16.1. The zero-order valence-electron chi connectivity index (χ0n) is 17.2. The van der Waals surface area contributed by atoms with Gasteiger partial charge in [0, 0.05) is 29.6 Å². The SMILES string of the molecule is O=C1CC(c2nc3ccccc3n2CCOc2ccccc2Cl)CN1c1cccc(Cl)c1. The summed E-state index contributed by atoms with van der Waals surface area (Å²) in [5, 5.41) is 1.20. The van der Waals surface area contributed by atoms with Crippen LogP contribution >= 0.6 is 23.2 Å². The fraction of sp³-hybridized carbons (Fsp3) is 0.200. The van der Waals surface area contributed by atoms with Gasteiger partial charge in [0.05, 0.1) is 22.6 Å². The van der Waals surface area contributed by atoms with Gasteiger partial charge in [-0.3, -0.25) is 4.79 Å². The van der Waals surface area contributed by atoms with E-state index < -0.39 is 0 Å². The molecule has 0 saturated carbocycles. The number of halogens is 2. The molecule has 0 spiro atoms. The molecule has 5 rings (SSSR count). The van der Waals surface area contributed by atoms with Crippen LogP contribution in [0.3, 0.4) is 0 Å². The van der Waals surface area contributed by atoms with Crippen molar-refractivity contribution in [1.82, 2.24) is 9.55 Å². The molecular formula is C25H21Cl2N3O2. The van der Waals surface area contributed by atoms with Gasteiger partial charge in [-0.05, 0) is 42.5 Å². The van der Waals surface area contributed by atoms with Gasteiger partial charge in [-0.2, -0.15) is 0 Å². The van der Waals surface area contributed by atoms with Crippen LogP contribution < -0.4 is 9.64 Å². The van der Waals surface area contributed by atoms with Crippen molar-refractivity contribution in [3.8, 4) is 5.75 Å². The Labute approximate surface area is 196 Å². The zero-order chi connectivity index (χ0) is 22.1. The van der Waals surface area contributed by atoms with Gasteiger partial charge in [0.2, 0.25) is 5.91 Å². The van der Waals surface area contributed by atoms with Crippen molar-refractivity contribution in [3.63, 3.8) is 0 Å². The molecule has 4 aromatic rings. The summed E-state index contributed by atoms with van der Waals surface area (Å²) in [6, 6.07) is 22.8. The number of benzene rings is 3. The van der Waals surface area contributed by atoms with E-state index in [-0.39, 0.29) is 11.8 Å². The Hall–Kier alpha value is -3.02. The van der Waals surface area contributed by atoms with Gasteiger partial charge in [0.15, 0.2) is 0 Å². The first kappa shape index (κ1) is 20.9. The minimum atomic E-state index is -0.0193. The van der Waals surface area contributed by atoms with E-state index in [0.717, 1.165) is 22.5 Å². The summed E-state index contributed by atoms with van der Waals surface area (Å²) in [7, 11) is 0. The average Bonchev–Trinajstić information content (AvgIpc) is 3.36. The number of fused-ring (bicyclic) bond motifs is 1. The van der Waals surface area contributed by atoms with Gasteiger partial charge in [-0.1, -0.05) is 53.5 Å². The molecule has 2 heterocycles. The van der Waals surface area contributed by atoms with Crippen molar-refractivity contribution < 1.29 is 9.53 Å². The smallest absolute Gasteiger partial charge is 0.227 e. The first-order valence-electron chi connectivity index (χ1n) is 10.5. The first-order valence-corrected chi connectivity index (χ1v) is 11.2. The lowest BCUT2D eigenvalue weighted by atomic mass is 10.1. The number of aromatic nitrogens is 2. The van der Waals surface area contributed by atoms with E-state index in [1.54, 1.807) is 4.90 Å². The van der Waals surface area contributed by atoms with E-state index >= 15 is 0 Å². The van der Waals surface area contributed by atoms with Crippen molar-refractivity contribution in [2.45, 2.75) is 18.9 Å². The third-order valence-corrected chi connectivity index (χ3v) is 6.25. The van der Waals surface area contributed by atoms with Gasteiger partial charge >= 0.3 is 0 Å². The summed E-state index contributed by atoms with van der Waals surface area (Å²) in [5.41, 5.74) is 2.75. The first-order chi connectivity index (χ1) is 15.6. The van der Waals surface area contributed by atoms with Crippen LogP contribution in [0.4, 0.5) is 5.69 Å². The second kappa shape index (κ2) is 8.85. The molecule has 1 atom stereocenters. The molecule has 0 N–H and O–H groups in total. The summed E-state index contributed by atoms with van der Waals surface area (Å²) < 4.78 is 8.09. The second-order valence-corrected chi connectivity index (χ2v) is 8.62. The highest BCUT2D eigenvalue weighted by atomic mass is 35.5. The standard InChI is InChI=1S/C25H21Cl2N3O2/c26-18-6-5-7-19(15-18)30-16-17(14-24(30)31)25-28-21-9-2-3-10-22(21)29(25)12-13-32-23-11-4-1-8-20(23)27/h1-11,15,17H,12-14,16H2. The Balaban J connectivity index is 1.41. The average molecular weight is 466 g/mol. The monoisotopic (exact) mass is 465 g/mol. The summed E-state index contributed by atoms with van der Waals surface area (Å²) >= 11 is 12.4. The van der Waals surface area contributed by atoms with Crippen LogP contribution in [-0.2, 0) is 11.3 Å². The number of ether oxygens (including phenoxy) is 1. The molecule has 32 heavy (non-hydrogen) atoms. The highest BCUT2D eigenvalue weighted by Gasteiger charge is 2.34. The largest absolute Gasteiger partial charge is 0.490 e. The second-order valence-electron chi connectivity index (χ2n) is 7.77. The molecule has 0 bridgehead atoms. The van der Waals surface area contributed by atoms with E-state index in [4.69, 9.17) is 32.9 Å². The molecule has 1 aliphatic rings. The zero-order valence-corrected chi connectivity index (χ0v) is 18.8. The molecule has 1 aliphatic heterocycles. The summed E-state index contributed by atoms with van der Waals surface area (Å²) in [4.78, 5) is 19.5. The van der Waals surface area contributed by atoms with Crippen molar-refractivity contribution in [3.05, 3.63) is 88.7 Å². The van der Waals surface area contributed by atoms with Crippen LogP contribution in [0, 0.1) is 0 Å². The lowest BCUT2D eigenvalue weighted by molar-refractivity contribution is -0.117. The maximum atomic E-state index is 12.8. The molecule has 0 aliphatic carbocycles. The fourth-order valence-corrected chi connectivity index (χ4v) is 4.60. The highest BCUT2D eigenvalue weighted by molar-refractivity contribution is 6.32. The predicted octanol–water partition coefficient (Wildman–Crippen LogP) is 5.94. The Morgan fingerprint density at radius 1 is 1.00 bits per heavy atom. The van der Waals surface area contributed by atoms with Crippen LogP contribution in [0.25, 0.3) is 11.0 Å². The summed E-state index contributed by atoms with van der Waals surface area (Å²) in [6.45, 7) is 1.60. The fourth-order valence-electron chi connectivity index (χ4n) is 4.22. The van der Waals surface area contributed by atoms with Crippen molar-refractivity contribution in [2.75, 3.05) is 18.1 Å². The lowest BCUT2D eigenvalue weighted by Gasteiger charge is -2.18. The van der Waals surface area contributed by atoms with Crippen molar-refractivity contribution in [1.29, 1.82) is 0 Å². The number of carbonyl (C=O) groups excluding carboxylic acids is 1. The predicted molar refractivity (Wildman–Crippen MR) is 128 cm³/mol. The molecule has 7 heteroatoms. The number of imidazole rings is 1. The molecule has 1 amide bonds. The molecule has 162 valence electrons. The van der Waals surface area contributed by atoms with Crippen LogP contribution in [0.15, 0.2) is 72.8 Å². The third-order valence-electron chi connectivity index (χ3n) is 5.70. The minimum Gasteiger partial charge on any atom is -0.490 e. The number of para-hydroxylation sites is 3. The highest BCUT2D eigenvalue weighted by Crippen LogP contribution is 2.34. The Kier molecular flexibility index (Phi) is 5.77. The molecule has 1 fully saturated rings. The summed E-state index contributed by atoms with van der Waals surface area (Å²) in [6.07, 6.45) is 0.404. The Morgan fingerprint density at radius 3 is 2.66 bits per heavy atom. The van der Waals surface area contributed by atoms with E-state index in [1.165, 1.54) is 0 Å². The van der Waals surface area contributed by atoms with E-state index in [2.05, 4.69) is 4.57 Å². The molecular weight excluding hydrogens is 445 g/mol. The Bertz CT molecular complexity index is 1290. The van der Waals surface area contributed by atoms with Crippen LogP contribution in [0.2, 0.25) is 10.0 Å². The van der Waals surface area contributed by atoms with E-state index in [0.29, 0.717) is 41.9 Å². The number of hydrogen-bond donors (Lipinski definition) is 0. The summed E-state index contributed by atoms with van der Waals surface area (Å²) in [5.74, 6) is 1.60. The molecule has 3 aromatic carbocycles. The van der Waals surface area contributed by atoms with Crippen molar-refractivity contribution in [2.24, 2.45) is 0 Å². The number of anilines is 1.